The van der Waals surface area contributed by atoms with Crippen LogP contribution in [0.15, 0.2) is 18.2 Å². The van der Waals surface area contributed by atoms with Gasteiger partial charge < -0.3 is 10.5 Å². The Hall–Kier alpha value is -0.860. The van der Waals surface area contributed by atoms with Crippen molar-refractivity contribution in [3.63, 3.8) is 0 Å². The summed E-state index contributed by atoms with van der Waals surface area (Å²) in [5.41, 5.74) is 9.86. The van der Waals surface area contributed by atoms with Gasteiger partial charge in [0.1, 0.15) is 0 Å². The lowest BCUT2D eigenvalue weighted by Gasteiger charge is -2.14. The average molecular weight is 249 g/mol. The third-order valence-electron chi connectivity index (χ3n) is 3.11. The maximum Gasteiger partial charge on any atom is 0.0659 e. The molecule has 0 bridgehead atoms. The first-order chi connectivity index (χ1) is 8.63. The van der Waals surface area contributed by atoms with Crippen molar-refractivity contribution in [2.75, 3.05) is 13.2 Å². The van der Waals surface area contributed by atoms with Crippen LogP contribution in [0.1, 0.15) is 55.3 Å². The van der Waals surface area contributed by atoms with Crippen LogP contribution in [-0.4, -0.2) is 13.2 Å². The smallest absolute Gasteiger partial charge is 0.0659 e. The van der Waals surface area contributed by atoms with Gasteiger partial charge in [-0.25, -0.2) is 0 Å². The van der Waals surface area contributed by atoms with E-state index in [2.05, 4.69) is 39.0 Å². The molecule has 0 aliphatic carbocycles. The fourth-order valence-corrected chi connectivity index (χ4v) is 2.16. The molecule has 0 amide bonds. The summed E-state index contributed by atoms with van der Waals surface area (Å²) in [4.78, 5) is 0. The molecule has 2 nitrogen and oxygen atoms in total. The number of unbranched alkanes of at least 4 members (excludes halogenated alkanes) is 3. The van der Waals surface area contributed by atoms with Crippen LogP contribution >= 0.6 is 0 Å². The van der Waals surface area contributed by atoms with Gasteiger partial charge in [-0.2, -0.15) is 0 Å². The summed E-state index contributed by atoms with van der Waals surface area (Å²) in [6.45, 7) is 7.88. The first-order valence-corrected chi connectivity index (χ1v) is 7.05. The lowest BCUT2D eigenvalue weighted by molar-refractivity contribution is 0.117. The van der Waals surface area contributed by atoms with Crippen LogP contribution in [0.5, 0.6) is 0 Å². The zero-order valence-electron chi connectivity index (χ0n) is 12.0. The van der Waals surface area contributed by atoms with Gasteiger partial charge in [-0.05, 0) is 25.8 Å². The van der Waals surface area contributed by atoms with Crippen LogP contribution in [0.2, 0.25) is 0 Å². The SMILES string of the molecule is CCCCCCOCC(N)c1cc(C)cc(C)c1. The second-order valence-corrected chi connectivity index (χ2v) is 5.16. The molecule has 1 unspecified atom stereocenters. The minimum absolute atomic E-state index is 0.00484. The van der Waals surface area contributed by atoms with Gasteiger partial charge in [0.25, 0.3) is 0 Å². The van der Waals surface area contributed by atoms with Gasteiger partial charge in [-0.1, -0.05) is 55.5 Å². The maximum absolute atomic E-state index is 6.15. The third kappa shape index (κ3) is 5.65. The number of ether oxygens (including phenoxy) is 1. The van der Waals surface area contributed by atoms with E-state index in [1.807, 2.05) is 0 Å². The van der Waals surface area contributed by atoms with Crippen molar-refractivity contribution in [3.05, 3.63) is 34.9 Å². The summed E-state index contributed by atoms with van der Waals surface area (Å²) in [5.74, 6) is 0. The molecule has 18 heavy (non-hydrogen) atoms. The van der Waals surface area contributed by atoms with Crippen LogP contribution < -0.4 is 5.73 Å². The second kappa shape index (κ2) is 8.28. The molecule has 2 N–H and O–H groups in total. The first-order valence-electron chi connectivity index (χ1n) is 7.05. The Bertz CT molecular complexity index is 329. The summed E-state index contributed by atoms with van der Waals surface area (Å²) in [6.07, 6.45) is 4.97. The summed E-state index contributed by atoms with van der Waals surface area (Å²) in [7, 11) is 0. The highest BCUT2D eigenvalue weighted by Crippen LogP contribution is 2.15. The van der Waals surface area contributed by atoms with Crippen LogP contribution in [0.4, 0.5) is 0 Å². The monoisotopic (exact) mass is 249 g/mol. The van der Waals surface area contributed by atoms with Crippen molar-refractivity contribution in [2.45, 2.75) is 52.5 Å². The molecular weight excluding hydrogens is 222 g/mol. The van der Waals surface area contributed by atoms with E-state index < -0.39 is 0 Å². The van der Waals surface area contributed by atoms with Crippen molar-refractivity contribution in [3.8, 4) is 0 Å². The van der Waals surface area contributed by atoms with E-state index in [1.54, 1.807) is 0 Å². The number of benzene rings is 1. The van der Waals surface area contributed by atoms with Gasteiger partial charge in [0.2, 0.25) is 0 Å². The van der Waals surface area contributed by atoms with Crippen LogP contribution in [-0.2, 0) is 4.74 Å². The molecule has 1 rings (SSSR count). The number of nitrogens with two attached hydrogens (primary N) is 1. The van der Waals surface area contributed by atoms with Crippen molar-refractivity contribution < 1.29 is 4.74 Å². The molecule has 0 aliphatic heterocycles. The number of rotatable bonds is 8. The van der Waals surface area contributed by atoms with Crippen molar-refractivity contribution >= 4 is 0 Å². The van der Waals surface area contributed by atoms with Crippen molar-refractivity contribution in [1.82, 2.24) is 0 Å². The highest BCUT2D eigenvalue weighted by Gasteiger charge is 2.07. The third-order valence-corrected chi connectivity index (χ3v) is 3.11. The first kappa shape index (κ1) is 15.2. The molecule has 102 valence electrons. The quantitative estimate of drug-likeness (QED) is 0.709. The summed E-state index contributed by atoms with van der Waals surface area (Å²) >= 11 is 0. The Morgan fingerprint density at radius 1 is 1.06 bits per heavy atom. The summed E-state index contributed by atoms with van der Waals surface area (Å²) < 4.78 is 5.65. The zero-order valence-corrected chi connectivity index (χ0v) is 12.0. The Morgan fingerprint density at radius 2 is 1.72 bits per heavy atom. The van der Waals surface area contributed by atoms with E-state index in [0.29, 0.717) is 6.61 Å². The van der Waals surface area contributed by atoms with Crippen molar-refractivity contribution in [2.24, 2.45) is 5.73 Å². The summed E-state index contributed by atoms with van der Waals surface area (Å²) in [6, 6.07) is 6.47. The van der Waals surface area contributed by atoms with Gasteiger partial charge in [-0.3, -0.25) is 0 Å². The Balaban J connectivity index is 2.29. The molecular formula is C16H27NO. The molecule has 0 saturated heterocycles. The molecule has 0 radical (unpaired) electrons. The van der Waals surface area contributed by atoms with E-state index in [1.165, 1.54) is 36.0 Å². The van der Waals surface area contributed by atoms with Crippen molar-refractivity contribution in [1.29, 1.82) is 0 Å². The predicted octanol–water partition coefficient (Wildman–Crippen LogP) is 3.90. The topological polar surface area (TPSA) is 35.2 Å². The molecule has 0 spiro atoms. The fourth-order valence-electron chi connectivity index (χ4n) is 2.16. The van der Waals surface area contributed by atoms with E-state index in [0.717, 1.165) is 13.0 Å². The normalized spacial score (nSPS) is 12.7. The molecule has 1 aromatic carbocycles. The number of hydrogen-bond donors (Lipinski definition) is 1. The molecule has 0 saturated carbocycles. The Kier molecular flexibility index (Phi) is 6.99. The summed E-state index contributed by atoms with van der Waals surface area (Å²) in [5, 5.41) is 0. The molecule has 0 fully saturated rings. The minimum atomic E-state index is -0.00484. The molecule has 1 atom stereocenters. The Morgan fingerprint density at radius 3 is 2.33 bits per heavy atom. The lowest BCUT2D eigenvalue weighted by atomic mass is 10.0. The van der Waals surface area contributed by atoms with E-state index in [-0.39, 0.29) is 6.04 Å². The molecule has 1 aromatic rings. The fraction of sp³-hybridized carbons (Fsp3) is 0.625. The molecule has 0 heterocycles. The van der Waals surface area contributed by atoms with E-state index in [9.17, 15) is 0 Å². The van der Waals surface area contributed by atoms with Crippen LogP contribution in [0.3, 0.4) is 0 Å². The van der Waals surface area contributed by atoms with Gasteiger partial charge in [0.15, 0.2) is 0 Å². The highest BCUT2D eigenvalue weighted by molar-refractivity contribution is 5.30. The molecule has 0 aliphatic rings. The van der Waals surface area contributed by atoms with E-state index in [4.69, 9.17) is 10.5 Å². The maximum atomic E-state index is 6.15. The average Bonchev–Trinajstić information content (AvgIpc) is 2.32. The largest absolute Gasteiger partial charge is 0.379 e. The highest BCUT2D eigenvalue weighted by atomic mass is 16.5. The van der Waals surface area contributed by atoms with E-state index >= 15 is 0 Å². The predicted molar refractivity (Wildman–Crippen MR) is 77.8 cm³/mol. The zero-order chi connectivity index (χ0) is 13.4. The van der Waals surface area contributed by atoms with Gasteiger partial charge in [0.05, 0.1) is 12.6 Å². The second-order valence-electron chi connectivity index (χ2n) is 5.16. The van der Waals surface area contributed by atoms with Gasteiger partial charge >= 0.3 is 0 Å². The van der Waals surface area contributed by atoms with Crippen LogP contribution in [0.25, 0.3) is 0 Å². The minimum Gasteiger partial charge on any atom is -0.379 e. The standard InChI is InChI=1S/C16H27NO/c1-4-5-6-7-8-18-12-16(17)15-10-13(2)9-14(3)11-15/h9-11,16H,4-8,12,17H2,1-3H3. The Labute approximate surface area is 112 Å². The van der Waals surface area contributed by atoms with Crippen LogP contribution in [0, 0.1) is 13.8 Å². The van der Waals surface area contributed by atoms with Gasteiger partial charge in [-0.15, -0.1) is 0 Å². The number of aryl methyl sites for hydroxylation is 2. The lowest BCUT2D eigenvalue weighted by Crippen LogP contribution is -2.17. The molecule has 0 aromatic heterocycles. The number of hydrogen-bond acceptors (Lipinski definition) is 2. The molecule has 2 heteroatoms. The van der Waals surface area contributed by atoms with Gasteiger partial charge in [0, 0.05) is 6.61 Å².